The van der Waals surface area contributed by atoms with Gasteiger partial charge in [-0.25, -0.2) is 0 Å². The van der Waals surface area contributed by atoms with E-state index in [0.717, 1.165) is 15.8 Å². The summed E-state index contributed by atoms with van der Waals surface area (Å²) in [5, 5.41) is 10.3. The lowest BCUT2D eigenvalue weighted by atomic mass is 10.1. The van der Waals surface area contributed by atoms with Gasteiger partial charge in [0.1, 0.15) is 10.0 Å². The maximum atomic E-state index is 13.0. The van der Waals surface area contributed by atoms with Gasteiger partial charge in [0, 0.05) is 5.38 Å². The minimum absolute atomic E-state index is 0.154. The summed E-state index contributed by atoms with van der Waals surface area (Å²) in [5.74, 6) is -0.405. The van der Waals surface area contributed by atoms with E-state index in [4.69, 9.17) is 23.2 Å². The average Bonchev–Trinajstić information content (AvgIpc) is 3.50. The summed E-state index contributed by atoms with van der Waals surface area (Å²) < 4.78 is 1.32. The van der Waals surface area contributed by atoms with Gasteiger partial charge in [0.25, 0.3) is 11.8 Å². The van der Waals surface area contributed by atoms with Crippen LogP contribution >= 0.6 is 45.9 Å². The quantitative estimate of drug-likeness (QED) is 0.368. The highest BCUT2D eigenvalue weighted by molar-refractivity contribution is 7.23. The van der Waals surface area contributed by atoms with Crippen molar-refractivity contribution in [1.82, 2.24) is 15.6 Å². The highest BCUT2D eigenvalue weighted by atomic mass is 35.5. The van der Waals surface area contributed by atoms with Crippen LogP contribution in [0.1, 0.15) is 38.0 Å². The predicted octanol–water partition coefficient (Wildman–Crippen LogP) is 5.42. The first kappa shape index (κ1) is 19.6. The van der Waals surface area contributed by atoms with Gasteiger partial charge >= 0.3 is 0 Å². The Morgan fingerprint density at radius 3 is 2.70 bits per heavy atom. The SMILES string of the molecule is O=C(N[C@@H]1c2ccccc2C[C@@H]1NC(=O)c1cc2sc(Cl)c(Cl)c2[nH]1)c1ccsc1. The number of amides is 2. The van der Waals surface area contributed by atoms with Crippen LogP contribution < -0.4 is 10.6 Å². The first-order chi connectivity index (χ1) is 14.5. The maximum Gasteiger partial charge on any atom is 0.268 e. The average molecular weight is 476 g/mol. The standard InChI is InChI=1S/C21H15Cl2N3O2S2/c22-16-18-15(30-19(16)23)8-14(24-18)21(28)25-13-7-10-3-1-2-4-12(10)17(13)26-20(27)11-5-6-29-9-11/h1-6,8-9,13,17,24H,7H2,(H,25,28)(H,26,27)/t13-,17+/m0/s1. The van der Waals surface area contributed by atoms with Gasteiger partial charge < -0.3 is 15.6 Å². The van der Waals surface area contributed by atoms with E-state index in [-0.39, 0.29) is 23.9 Å². The number of hydrogen-bond donors (Lipinski definition) is 3. The number of thiophene rings is 2. The zero-order valence-electron chi connectivity index (χ0n) is 15.4. The summed E-state index contributed by atoms with van der Waals surface area (Å²) >= 11 is 15.0. The van der Waals surface area contributed by atoms with Gasteiger partial charge in [0.15, 0.2) is 0 Å². The summed E-state index contributed by atoms with van der Waals surface area (Å²) in [5.41, 5.74) is 3.82. The molecule has 2 atom stereocenters. The van der Waals surface area contributed by atoms with Gasteiger partial charge in [0.05, 0.1) is 32.9 Å². The summed E-state index contributed by atoms with van der Waals surface area (Å²) in [6, 6.07) is 10.9. The summed E-state index contributed by atoms with van der Waals surface area (Å²) in [7, 11) is 0. The van der Waals surface area contributed by atoms with Crippen LogP contribution in [0.2, 0.25) is 9.36 Å². The number of nitrogens with one attached hydrogen (secondary N) is 3. The molecule has 2 amide bonds. The van der Waals surface area contributed by atoms with Crippen LogP contribution in [0.15, 0.2) is 47.2 Å². The molecule has 152 valence electrons. The first-order valence-corrected chi connectivity index (χ1v) is 11.7. The van der Waals surface area contributed by atoms with E-state index < -0.39 is 0 Å². The molecule has 5 nitrogen and oxygen atoms in total. The van der Waals surface area contributed by atoms with Crippen LogP contribution in [0.4, 0.5) is 0 Å². The molecule has 1 aliphatic carbocycles. The molecule has 0 saturated heterocycles. The van der Waals surface area contributed by atoms with E-state index in [1.165, 1.54) is 22.7 Å². The number of H-pyrrole nitrogens is 1. The van der Waals surface area contributed by atoms with Crippen molar-refractivity contribution in [3.05, 3.63) is 78.9 Å². The molecular weight excluding hydrogens is 461 g/mol. The normalized spacial score (nSPS) is 17.8. The van der Waals surface area contributed by atoms with Gasteiger partial charge in [-0.15, -0.1) is 11.3 Å². The second-order valence-corrected chi connectivity index (χ2v) is 9.87. The summed E-state index contributed by atoms with van der Waals surface area (Å²) in [6.45, 7) is 0. The topological polar surface area (TPSA) is 74.0 Å². The van der Waals surface area contributed by atoms with Crippen LogP contribution in [0, 0.1) is 0 Å². The monoisotopic (exact) mass is 475 g/mol. The second kappa shape index (κ2) is 7.74. The number of hydrogen-bond acceptors (Lipinski definition) is 4. The molecule has 0 spiro atoms. The van der Waals surface area contributed by atoms with Crippen LogP contribution in [0.5, 0.6) is 0 Å². The third kappa shape index (κ3) is 3.41. The fourth-order valence-corrected chi connectivity index (χ4v) is 5.93. The zero-order chi connectivity index (χ0) is 20.8. The molecule has 1 aliphatic rings. The Bertz CT molecular complexity index is 1260. The highest BCUT2D eigenvalue weighted by Gasteiger charge is 2.35. The number of halogens is 2. The number of aromatic amines is 1. The molecule has 1 aromatic carbocycles. The third-order valence-electron chi connectivity index (χ3n) is 5.24. The fraction of sp³-hybridized carbons (Fsp3) is 0.143. The minimum atomic E-state index is -0.313. The van der Waals surface area contributed by atoms with E-state index in [9.17, 15) is 9.59 Å². The Labute approximate surface area is 190 Å². The summed E-state index contributed by atoms with van der Waals surface area (Å²) in [4.78, 5) is 28.7. The molecule has 3 aromatic heterocycles. The Hall–Kier alpha value is -2.32. The van der Waals surface area contributed by atoms with Crippen molar-refractivity contribution < 1.29 is 9.59 Å². The van der Waals surface area contributed by atoms with Gasteiger partial charge in [0.2, 0.25) is 0 Å². The molecule has 0 aliphatic heterocycles. The van der Waals surface area contributed by atoms with E-state index in [2.05, 4.69) is 15.6 Å². The van der Waals surface area contributed by atoms with Crippen molar-refractivity contribution in [1.29, 1.82) is 0 Å². The smallest absolute Gasteiger partial charge is 0.268 e. The molecule has 9 heteroatoms. The first-order valence-electron chi connectivity index (χ1n) is 9.19. The molecule has 3 heterocycles. The lowest BCUT2D eigenvalue weighted by Gasteiger charge is -2.23. The van der Waals surface area contributed by atoms with Gasteiger partial charge in [-0.3, -0.25) is 9.59 Å². The van der Waals surface area contributed by atoms with Crippen molar-refractivity contribution in [3.63, 3.8) is 0 Å². The van der Waals surface area contributed by atoms with Crippen molar-refractivity contribution in [2.24, 2.45) is 0 Å². The molecule has 0 bridgehead atoms. The van der Waals surface area contributed by atoms with Crippen molar-refractivity contribution >= 4 is 67.9 Å². The Morgan fingerprint density at radius 2 is 1.93 bits per heavy atom. The number of carbonyl (C=O) groups excluding carboxylic acids is 2. The number of rotatable bonds is 4. The van der Waals surface area contributed by atoms with Crippen molar-refractivity contribution in [3.8, 4) is 0 Å². The van der Waals surface area contributed by atoms with Gasteiger partial charge in [-0.05, 0) is 35.1 Å². The fourth-order valence-electron chi connectivity index (χ4n) is 3.81. The number of benzene rings is 1. The molecule has 0 unspecified atom stereocenters. The van der Waals surface area contributed by atoms with Gasteiger partial charge in [-0.2, -0.15) is 11.3 Å². The summed E-state index contributed by atoms with van der Waals surface area (Å²) in [6.07, 6.45) is 0.637. The second-order valence-electron chi connectivity index (χ2n) is 7.06. The lowest BCUT2D eigenvalue weighted by molar-refractivity contribution is 0.0886. The molecular formula is C21H15Cl2N3O2S2. The number of aromatic nitrogens is 1. The lowest BCUT2D eigenvalue weighted by Crippen LogP contribution is -2.44. The van der Waals surface area contributed by atoms with Crippen molar-refractivity contribution in [2.75, 3.05) is 0 Å². The molecule has 4 aromatic rings. The molecule has 30 heavy (non-hydrogen) atoms. The van der Waals surface area contributed by atoms with Crippen molar-refractivity contribution in [2.45, 2.75) is 18.5 Å². The van der Waals surface area contributed by atoms with Crippen LogP contribution in [-0.2, 0) is 6.42 Å². The van der Waals surface area contributed by atoms with E-state index >= 15 is 0 Å². The minimum Gasteiger partial charge on any atom is -0.349 e. The number of carbonyl (C=O) groups is 2. The largest absolute Gasteiger partial charge is 0.349 e. The van der Waals surface area contributed by atoms with Crippen LogP contribution in [0.25, 0.3) is 10.2 Å². The van der Waals surface area contributed by atoms with Crippen LogP contribution in [-0.4, -0.2) is 22.8 Å². The van der Waals surface area contributed by atoms with Gasteiger partial charge in [-0.1, -0.05) is 47.5 Å². The maximum absolute atomic E-state index is 13.0. The third-order valence-corrected chi connectivity index (χ3v) is 7.85. The highest BCUT2D eigenvalue weighted by Crippen LogP contribution is 2.39. The molecule has 5 rings (SSSR count). The molecule has 3 N–H and O–H groups in total. The zero-order valence-corrected chi connectivity index (χ0v) is 18.5. The Morgan fingerprint density at radius 1 is 1.10 bits per heavy atom. The van der Waals surface area contributed by atoms with Crippen LogP contribution in [0.3, 0.4) is 0 Å². The van der Waals surface area contributed by atoms with E-state index in [0.29, 0.717) is 32.6 Å². The Kier molecular flexibility index (Phi) is 5.06. The Balaban J connectivity index is 1.40. The molecule has 0 saturated carbocycles. The molecule has 0 fully saturated rings. The van der Waals surface area contributed by atoms with E-state index in [1.54, 1.807) is 12.1 Å². The van der Waals surface area contributed by atoms with E-state index in [1.807, 2.05) is 35.0 Å². The predicted molar refractivity (Wildman–Crippen MR) is 122 cm³/mol. The molecule has 0 radical (unpaired) electrons. The number of fused-ring (bicyclic) bond motifs is 2.